The number of nitrogens with two attached hydrogens (primary N) is 1. The van der Waals surface area contributed by atoms with Crippen molar-refractivity contribution in [3.63, 3.8) is 0 Å². The van der Waals surface area contributed by atoms with Gasteiger partial charge < -0.3 is 5.73 Å². The number of aryl methyl sites for hydroxylation is 1. The molecule has 1 aromatic heterocycles. The summed E-state index contributed by atoms with van der Waals surface area (Å²) in [5.41, 5.74) is 7.59. The number of nitrogen functional groups attached to an aromatic ring is 1. The van der Waals surface area contributed by atoms with E-state index in [0.717, 1.165) is 24.2 Å². The van der Waals surface area contributed by atoms with E-state index in [1.54, 1.807) is 16.8 Å². The molecule has 2 N–H and O–H groups in total. The lowest BCUT2D eigenvalue weighted by Crippen LogP contribution is -2.01. The largest absolute Gasteiger partial charge is 0.384 e. The van der Waals surface area contributed by atoms with Crippen LogP contribution in [0.2, 0.25) is 0 Å². The number of nitrogens with zero attached hydrogens (tertiary/aromatic N) is 2. The fourth-order valence-corrected chi connectivity index (χ4v) is 1.61. The van der Waals surface area contributed by atoms with Gasteiger partial charge in [0, 0.05) is 6.07 Å². The van der Waals surface area contributed by atoms with Crippen molar-refractivity contribution < 1.29 is 4.39 Å². The molecule has 2 rings (SSSR count). The Labute approximate surface area is 93.7 Å². The summed E-state index contributed by atoms with van der Waals surface area (Å²) in [5, 5.41) is 4.37. The Morgan fingerprint density at radius 2 is 2.00 bits per heavy atom. The summed E-state index contributed by atoms with van der Waals surface area (Å²) in [6, 6.07) is 7.97. The average Bonchev–Trinajstić information content (AvgIpc) is 2.61. The second-order valence-electron chi connectivity index (χ2n) is 3.70. The van der Waals surface area contributed by atoms with Gasteiger partial charge in [-0.1, -0.05) is 13.3 Å². The molecule has 0 bridgehead atoms. The highest BCUT2D eigenvalue weighted by Crippen LogP contribution is 2.15. The number of rotatable bonds is 3. The van der Waals surface area contributed by atoms with E-state index in [0.29, 0.717) is 5.82 Å². The highest BCUT2D eigenvalue weighted by atomic mass is 19.1. The molecule has 1 heterocycles. The maximum Gasteiger partial charge on any atom is 0.127 e. The Morgan fingerprint density at radius 1 is 1.31 bits per heavy atom. The molecule has 0 saturated carbocycles. The number of hydrogen-bond donors (Lipinski definition) is 1. The van der Waals surface area contributed by atoms with Crippen molar-refractivity contribution in [2.24, 2.45) is 0 Å². The first kappa shape index (κ1) is 10.7. The second-order valence-corrected chi connectivity index (χ2v) is 3.70. The molecular weight excluding hydrogens is 205 g/mol. The summed E-state index contributed by atoms with van der Waals surface area (Å²) in [7, 11) is 0. The zero-order chi connectivity index (χ0) is 11.5. The predicted octanol–water partition coefficient (Wildman–Crippen LogP) is 2.55. The normalized spacial score (nSPS) is 10.6. The van der Waals surface area contributed by atoms with Gasteiger partial charge in [0.05, 0.1) is 11.4 Å². The second kappa shape index (κ2) is 4.35. The van der Waals surface area contributed by atoms with E-state index < -0.39 is 0 Å². The third-order valence-electron chi connectivity index (χ3n) is 2.36. The number of halogens is 1. The molecule has 4 heteroatoms. The Bertz CT molecular complexity index is 474. The van der Waals surface area contributed by atoms with Crippen LogP contribution in [0.25, 0.3) is 5.69 Å². The summed E-state index contributed by atoms with van der Waals surface area (Å²) >= 11 is 0. The van der Waals surface area contributed by atoms with E-state index in [-0.39, 0.29) is 5.82 Å². The van der Waals surface area contributed by atoms with Gasteiger partial charge in [-0.15, -0.1) is 0 Å². The molecule has 0 aliphatic carbocycles. The van der Waals surface area contributed by atoms with Crippen LogP contribution in [-0.2, 0) is 6.42 Å². The van der Waals surface area contributed by atoms with E-state index in [1.807, 2.05) is 6.07 Å². The van der Waals surface area contributed by atoms with Crippen molar-refractivity contribution in [2.75, 3.05) is 5.73 Å². The Morgan fingerprint density at radius 3 is 2.62 bits per heavy atom. The van der Waals surface area contributed by atoms with Crippen LogP contribution in [0.3, 0.4) is 0 Å². The number of aromatic nitrogens is 2. The molecule has 0 fully saturated rings. The minimum atomic E-state index is -0.261. The summed E-state index contributed by atoms with van der Waals surface area (Å²) in [6.45, 7) is 2.09. The molecule has 16 heavy (non-hydrogen) atoms. The topological polar surface area (TPSA) is 43.8 Å². The van der Waals surface area contributed by atoms with E-state index >= 15 is 0 Å². The third kappa shape index (κ3) is 2.05. The van der Waals surface area contributed by atoms with E-state index in [4.69, 9.17) is 5.73 Å². The lowest BCUT2D eigenvalue weighted by molar-refractivity contribution is 0.627. The zero-order valence-electron chi connectivity index (χ0n) is 9.15. The van der Waals surface area contributed by atoms with Gasteiger partial charge in [0.25, 0.3) is 0 Å². The van der Waals surface area contributed by atoms with Crippen molar-refractivity contribution in [3.05, 3.63) is 41.8 Å². The van der Waals surface area contributed by atoms with Gasteiger partial charge in [0.1, 0.15) is 11.6 Å². The highest BCUT2D eigenvalue weighted by Gasteiger charge is 2.06. The summed E-state index contributed by atoms with van der Waals surface area (Å²) in [5.74, 6) is 0.318. The molecule has 0 amide bonds. The number of hydrogen-bond acceptors (Lipinski definition) is 2. The maximum atomic E-state index is 12.8. The fourth-order valence-electron chi connectivity index (χ4n) is 1.61. The van der Waals surface area contributed by atoms with Crippen LogP contribution >= 0.6 is 0 Å². The SMILES string of the molecule is CCCc1cc(N)n(-c2ccc(F)cc2)n1. The minimum absolute atomic E-state index is 0.261. The number of benzene rings is 1. The van der Waals surface area contributed by atoms with Gasteiger partial charge in [-0.2, -0.15) is 5.10 Å². The highest BCUT2D eigenvalue weighted by molar-refractivity contribution is 5.42. The maximum absolute atomic E-state index is 12.8. The fraction of sp³-hybridized carbons (Fsp3) is 0.250. The van der Waals surface area contributed by atoms with Crippen molar-refractivity contribution in [2.45, 2.75) is 19.8 Å². The molecule has 0 aliphatic heterocycles. The lowest BCUT2D eigenvalue weighted by atomic mass is 10.2. The first-order valence-electron chi connectivity index (χ1n) is 5.31. The smallest absolute Gasteiger partial charge is 0.127 e. The summed E-state index contributed by atoms with van der Waals surface area (Å²) < 4.78 is 14.4. The monoisotopic (exact) mass is 219 g/mol. The van der Waals surface area contributed by atoms with Gasteiger partial charge in [0.2, 0.25) is 0 Å². The number of anilines is 1. The van der Waals surface area contributed by atoms with E-state index in [9.17, 15) is 4.39 Å². The first-order valence-corrected chi connectivity index (χ1v) is 5.31. The summed E-state index contributed by atoms with van der Waals surface area (Å²) in [4.78, 5) is 0. The quantitative estimate of drug-likeness (QED) is 0.862. The molecule has 1 aromatic carbocycles. The molecule has 0 unspecified atom stereocenters. The van der Waals surface area contributed by atoms with Gasteiger partial charge in [-0.05, 0) is 30.7 Å². The van der Waals surface area contributed by atoms with E-state index in [2.05, 4.69) is 12.0 Å². The molecule has 0 aliphatic rings. The lowest BCUT2D eigenvalue weighted by Gasteiger charge is -2.02. The molecule has 0 spiro atoms. The third-order valence-corrected chi connectivity index (χ3v) is 2.36. The minimum Gasteiger partial charge on any atom is -0.384 e. The van der Waals surface area contributed by atoms with Crippen molar-refractivity contribution in [1.82, 2.24) is 9.78 Å². The van der Waals surface area contributed by atoms with Crippen molar-refractivity contribution >= 4 is 5.82 Å². The summed E-state index contributed by atoms with van der Waals surface area (Å²) in [6.07, 6.45) is 1.93. The molecule has 3 nitrogen and oxygen atoms in total. The predicted molar refractivity (Wildman–Crippen MR) is 61.9 cm³/mol. The van der Waals surface area contributed by atoms with Crippen LogP contribution in [0.4, 0.5) is 10.2 Å². The molecule has 0 saturated heterocycles. The molecular formula is C12H14FN3. The Hall–Kier alpha value is -1.84. The van der Waals surface area contributed by atoms with Crippen LogP contribution in [-0.4, -0.2) is 9.78 Å². The van der Waals surface area contributed by atoms with Gasteiger partial charge >= 0.3 is 0 Å². The van der Waals surface area contributed by atoms with E-state index in [1.165, 1.54) is 12.1 Å². The van der Waals surface area contributed by atoms with Crippen LogP contribution in [0, 0.1) is 5.82 Å². The molecule has 0 radical (unpaired) electrons. The van der Waals surface area contributed by atoms with Crippen LogP contribution in [0.15, 0.2) is 30.3 Å². The molecule has 0 atom stereocenters. The van der Waals surface area contributed by atoms with Gasteiger partial charge in [-0.25, -0.2) is 9.07 Å². The van der Waals surface area contributed by atoms with Crippen LogP contribution in [0.1, 0.15) is 19.0 Å². The average molecular weight is 219 g/mol. The van der Waals surface area contributed by atoms with Crippen molar-refractivity contribution in [3.8, 4) is 5.69 Å². The molecule has 84 valence electrons. The Kier molecular flexibility index (Phi) is 2.90. The van der Waals surface area contributed by atoms with Gasteiger partial charge in [0.15, 0.2) is 0 Å². The van der Waals surface area contributed by atoms with Crippen LogP contribution in [0.5, 0.6) is 0 Å². The first-order chi connectivity index (χ1) is 7.70. The van der Waals surface area contributed by atoms with Gasteiger partial charge in [-0.3, -0.25) is 0 Å². The van der Waals surface area contributed by atoms with Crippen LogP contribution < -0.4 is 5.73 Å². The Balaban J connectivity index is 2.36. The standard InChI is InChI=1S/C12H14FN3/c1-2-3-10-8-12(14)16(15-10)11-6-4-9(13)5-7-11/h4-8H,2-3,14H2,1H3. The van der Waals surface area contributed by atoms with Crippen molar-refractivity contribution in [1.29, 1.82) is 0 Å². The zero-order valence-corrected chi connectivity index (χ0v) is 9.15. The molecule has 2 aromatic rings.